The molecular weight excluding hydrogens is 254 g/mol. The first-order valence-electron chi connectivity index (χ1n) is 6.95. The molecule has 0 aromatic carbocycles. The van der Waals surface area contributed by atoms with Gasteiger partial charge in [0.2, 0.25) is 0 Å². The van der Waals surface area contributed by atoms with Crippen molar-refractivity contribution in [2.45, 2.75) is 19.9 Å². The Morgan fingerprint density at radius 2 is 2.00 bits per heavy atom. The molecule has 1 saturated heterocycles. The molecule has 2 N–H and O–H groups in total. The lowest BCUT2D eigenvalue weighted by atomic mass is 10.2. The van der Waals surface area contributed by atoms with Crippen LogP contribution in [0.4, 0.5) is 0 Å². The Morgan fingerprint density at radius 1 is 1.40 bits per heavy atom. The van der Waals surface area contributed by atoms with Crippen LogP contribution >= 0.6 is 0 Å². The highest BCUT2D eigenvalue weighted by atomic mass is 16.5. The minimum Gasteiger partial charge on any atom is -0.383 e. The highest BCUT2D eigenvalue weighted by molar-refractivity contribution is 5.96. The standard InChI is InChI=1S/C14H27N5O/c1-11(10-20-5)17-14(16-3)12(2)13(15)19-8-6-18(4)7-9-19/h11,15,17H,3,6-10H2,1-2,4-5H3/b14-12+,15-13?/t11-/m1/s1. The first kappa shape index (κ1) is 16.7. The van der Waals surface area contributed by atoms with Crippen LogP contribution in [0.25, 0.3) is 0 Å². The fourth-order valence-electron chi connectivity index (χ4n) is 2.18. The zero-order valence-corrected chi connectivity index (χ0v) is 13.1. The van der Waals surface area contributed by atoms with Gasteiger partial charge in [-0.3, -0.25) is 5.41 Å². The molecular formula is C14H27N5O. The van der Waals surface area contributed by atoms with Crippen molar-refractivity contribution in [2.24, 2.45) is 4.99 Å². The van der Waals surface area contributed by atoms with Gasteiger partial charge in [-0.15, -0.1) is 0 Å². The first-order chi connectivity index (χ1) is 9.49. The van der Waals surface area contributed by atoms with E-state index in [0.717, 1.165) is 31.8 Å². The number of nitrogens with one attached hydrogen (secondary N) is 2. The molecule has 0 amide bonds. The summed E-state index contributed by atoms with van der Waals surface area (Å²) in [6, 6.07) is 0.135. The molecule has 1 fully saturated rings. The van der Waals surface area contributed by atoms with Gasteiger partial charge in [0.05, 0.1) is 6.61 Å². The second-order valence-electron chi connectivity index (χ2n) is 5.27. The van der Waals surface area contributed by atoms with Crippen LogP contribution < -0.4 is 5.32 Å². The zero-order chi connectivity index (χ0) is 15.1. The predicted octanol–water partition coefficient (Wildman–Crippen LogP) is 0.768. The molecule has 20 heavy (non-hydrogen) atoms. The van der Waals surface area contributed by atoms with Gasteiger partial charge in [-0.2, -0.15) is 0 Å². The predicted molar refractivity (Wildman–Crippen MR) is 83.5 cm³/mol. The summed E-state index contributed by atoms with van der Waals surface area (Å²) in [6.45, 7) is 11.9. The average molecular weight is 281 g/mol. The van der Waals surface area contributed by atoms with Crippen molar-refractivity contribution in [2.75, 3.05) is 46.9 Å². The van der Waals surface area contributed by atoms with Gasteiger partial charge in [0.15, 0.2) is 0 Å². The van der Waals surface area contributed by atoms with Crippen molar-refractivity contribution in [3.05, 3.63) is 11.4 Å². The van der Waals surface area contributed by atoms with E-state index in [1.54, 1.807) is 7.11 Å². The molecule has 114 valence electrons. The first-order valence-corrected chi connectivity index (χ1v) is 6.95. The topological polar surface area (TPSA) is 64.0 Å². The Balaban J connectivity index is 2.71. The summed E-state index contributed by atoms with van der Waals surface area (Å²) >= 11 is 0. The molecule has 1 rings (SSSR count). The van der Waals surface area contributed by atoms with Crippen LogP contribution in [0.3, 0.4) is 0 Å². The fraction of sp³-hybridized carbons (Fsp3) is 0.714. The summed E-state index contributed by atoms with van der Waals surface area (Å²) < 4.78 is 5.10. The third-order valence-corrected chi connectivity index (χ3v) is 3.49. The van der Waals surface area contributed by atoms with Gasteiger partial charge in [0.1, 0.15) is 11.7 Å². The normalized spacial score (nSPS) is 19.3. The Morgan fingerprint density at radius 3 is 2.50 bits per heavy atom. The van der Waals surface area contributed by atoms with Crippen LogP contribution in [-0.4, -0.2) is 75.3 Å². The summed E-state index contributed by atoms with van der Waals surface area (Å²) in [7, 11) is 3.77. The van der Waals surface area contributed by atoms with Gasteiger partial charge >= 0.3 is 0 Å². The second-order valence-corrected chi connectivity index (χ2v) is 5.27. The molecule has 6 heteroatoms. The maximum atomic E-state index is 8.33. The smallest absolute Gasteiger partial charge is 0.132 e. The third-order valence-electron chi connectivity index (χ3n) is 3.49. The fourth-order valence-corrected chi connectivity index (χ4v) is 2.18. The molecule has 1 aliphatic rings. The Labute approximate surface area is 122 Å². The molecule has 0 aliphatic carbocycles. The summed E-state index contributed by atoms with van der Waals surface area (Å²) in [5.74, 6) is 1.19. The van der Waals surface area contributed by atoms with Crippen molar-refractivity contribution >= 4 is 12.6 Å². The lowest BCUT2D eigenvalue weighted by Crippen LogP contribution is -2.47. The summed E-state index contributed by atoms with van der Waals surface area (Å²) in [4.78, 5) is 8.38. The molecule has 0 saturated carbocycles. The monoisotopic (exact) mass is 281 g/mol. The maximum absolute atomic E-state index is 8.33. The molecule has 0 spiro atoms. The van der Waals surface area contributed by atoms with Crippen molar-refractivity contribution in [1.29, 1.82) is 5.41 Å². The van der Waals surface area contributed by atoms with Crippen molar-refractivity contribution in [3.63, 3.8) is 0 Å². The molecule has 1 aliphatic heterocycles. The Bertz CT molecular complexity index is 372. The van der Waals surface area contributed by atoms with Crippen molar-refractivity contribution in [1.82, 2.24) is 15.1 Å². The van der Waals surface area contributed by atoms with Gasteiger partial charge < -0.3 is 19.9 Å². The lowest BCUT2D eigenvalue weighted by molar-refractivity contribution is 0.176. The number of methoxy groups -OCH3 is 1. The highest BCUT2D eigenvalue weighted by Gasteiger charge is 2.19. The maximum Gasteiger partial charge on any atom is 0.132 e. The van der Waals surface area contributed by atoms with E-state index in [2.05, 4.69) is 33.9 Å². The number of piperazine rings is 1. The van der Waals surface area contributed by atoms with E-state index in [0.29, 0.717) is 18.3 Å². The van der Waals surface area contributed by atoms with Crippen LogP contribution in [0.15, 0.2) is 16.4 Å². The quantitative estimate of drug-likeness (QED) is 0.557. The largest absolute Gasteiger partial charge is 0.383 e. The molecule has 1 heterocycles. The van der Waals surface area contributed by atoms with E-state index in [-0.39, 0.29) is 6.04 Å². The number of rotatable bonds is 6. The van der Waals surface area contributed by atoms with E-state index in [1.165, 1.54) is 0 Å². The Hall–Kier alpha value is -1.40. The molecule has 0 aromatic heterocycles. The van der Waals surface area contributed by atoms with Crippen LogP contribution in [0.2, 0.25) is 0 Å². The molecule has 0 aromatic rings. The number of aliphatic imine (C=N–C) groups is 1. The number of hydrogen-bond acceptors (Lipinski definition) is 5. The van der Waals surface area contributed by atoms with Gasteiger partial charge in [-0.25, -0.2) is 4.99 Å². The minimum absolute atomic E-state index is 0.135. The third kappa shape index (κ3) is 4.61. The van der Waals surface area contributed by atoms with E-state index < -0.39 is 0 Å². The number of ether oxygens (including phenoxy) is 1. The minimum atomic E-state index is 0.135. The SMILES string of the molecule is C=N/C(N[C@H](C)COC)=C(/C)C(=N)N1CCN(C)CC1. The van der Waals surface area contributed by atoms with Crippen molar-refractivity contribution in [3.8, 4) is 0 Å². The van der Waals surface area contributed by atoms with Crippen LogP contribution in [0, 0.1) is 5.41 Å². The van der Waals surface area contributed by atoms with Gasteiger partial charge in [-0.05, 0) is 27.6 Å². The number of nitrogens with zero attached hydrogens (tertiary/aromatic N) is 3. The van der Waals surface area contributed by atoms with Crippen LogP contribution in [0.1, 0.15) is 13.8 Å². The van der Waals surface area contributed by atoms with E-state index in [9.17, 15) is 0 Å². The Kier molecular flexibility index (Phi) is 6.67. The molecule has 0 bridgehead atoms. The summed E-state index contributed by atoms with van der Waals surface area (Å²) in [6.07, 6.45) is 0. The van der Waals surface area contributed by atoms with Crippen LogP contribution in [-0.2, 0) is 4.74 Å². The van der Waals surface area contributed by atoms with Gasteiger partial charge in [0.25, 0.3) is 0 Å². The number of amidine groups is 1. The second kappa shape index (κ2) is 8.01. The van der Waals surface area contributed by atoms with E-state index in [4.69, 9.17) is 10.1 Å². The summed E-state index contributed by atoms with van der Waals surface area (Å²) in [5, 5.41) is 11.6. The lowest BCUT2D eigenvalue weighted by Gasteiger charge is -2.34. The highest BCUT2D eigenvalue weighted by Crippen LogP contribution is 2.10. The summed E-state index contributed by atoms with van der Waals surface area (Å²) in [5.41, 5.74) is 0.826. The zero-order valence-electron chi connectivity index (χ0n) is 13.1. The van der Waals surface area contributed by atoms with E-state index in [1.807, 2.05) is 13.8 Å². The van der Waals surface area contributed by atoms with Crippen molar-refractivity contribution < 1.29 is 4.74 Å². The molecule has 0 unspecified atom stereocenters. The van der Waals surface area contributed by atoms with Gasteiger partial charge in [0, 0.05) is 44.9 Å². The molecule has 6 nitrogen and oxygen atoms in total. The van der Waals surface area contributed by atoms with Crippen LogP contribution in [0.5, 0.6) is 0 Å². The number of hydrogen-bond donors (Lipinski definition) is 2. The molecule has 0 radical (unpaired) electrons. The van der Waals surface area contributed by atoms with E-state index >= 15 is 0 Å². The van der Waals surface area contributed by atoms with Gasteiger partial charge in [-0.1, -0.05) is 0 Å². The average Bonchev–Trinajstić information content (AvgIpc) is 2.44. The number of likely N-dealkylation sites (N-methyl/N-ethyl adjacent to an activating group) is 1. The molecule has 1 atom stereocenters.